The first kappa shape index (κ1) is 23.6. The van der Waals surface area contributed by atoms with E-state index in [1.165, 1.54) is 7.11 Å². The van der Waals surface area contributed by atoms with Crippen LogP contribution in [0.15, 0.2) is 60.7 Å². The Kier molecular flexibility index (Phi) is 6.55. The van der Waals surface area contributed by atoms with E-state index in [4.69, 9.17) is 14.2 Å². The van der Waals surface area contributed by atoms with Crippen molar-refractivity contribution in [1.29, 1.82) is 0 Å². The molecule has 3 fully saturated rings. The molecule has 2 saturated heterocycles. The monoisotopic (exact) mass is 529 g/mol. The SMILES string of the molecule is COC(=O)C([Se]c1ccccc1)[C@H]1C(=O)N(Cc2ccccc2)[C@@H]2CCC3(C[C@]12C)OCCO3. The third kappa shape index (κ3) is 4.20. The molecule has 2 aliphatic heterocycles. The Hall–Kier alpha value is -2.18. The van der Waals surface area contributed by atoms with Crippen molar-refractivity contribution in [2.75, 3.05) is 20.3 Å². The van der Waals surface area contributed by atoms with Crippen molar-refractivity contribution in [1.82, 2.24) is 4.90 Å². The fraction of sp³-hybridized carbons (Fsp3) is 0.481. The van der Waals surface area contributed by atoms with Crippen molar-refractivity contribution < 1.29 is 23.8 Å². The van der Waals surface area contributed by atoms with Crippen molar-refractivity contribution in [3.63, 3.8) is 0 Å². The number of hydrogen-bond acceptors (Lipinski definition) is 5. The van der Waals surface area contributed by atoms with Crippen LogP contribution < -0.4 is 4.46 Å². The van der Waals surface area contributed by atoms with Gasteiger partial charge < -0.3 is 0 Å². The van der Waals surface area contributed by atoms with Crippen LogP contribution in [0.4, 0.5) is 0 Å². The van der Waals surface area contributed by atoms with Gasteiger partial charge in [-0.25, -0.2) is 0 Å². The second kappa shape index (κ2) is 9.46. The topological polar surface area (TPSA) is 65.1 Å². The third-order valence-electron chi connectivity index (χ3n) is 7.60. The molecule has 3 aliphatic rings. The third-order valence-corrected chi connectivity index (χ3v) is 10.2. The molecule has 1 aliphatic carbocycles. The fourth-order valence-electron chi connectivity index (χ4n) is 6.12. The Labute approximate surface area is 207 Å². The molecule has 1 saturated carbocycles. The van der Waals surface area contributed by atoms with Gasteiger partial charge in [-0.2, -0.15) is 0 Å². The van der Waals surface area contributed by atoms with E-state index in [2.05, 4.69) is 19.1 Å². The van der Waals surface area contributed by atoms with E-state index in [-0.39, 0.29) is 32.9 Å². The molecule has 5 rings (SSSR count). The van der Waals surface area contributed by atoms with E-state index in [1.54, 1.807) is 0 Å². The normalized spacial score (nSPS) is 28.6. The maximum absolute atomic E-state index is 14.2. The van der Waals surface area contributed by atoms with Gasteiger partial charge in [0.15, 0.2) is 0 Å². The number of hydrogen-bond donors (Lipinski definition) is 0. The molecule has 180 valence electrons. The maximum atomic E-state index is 14.2. The molecule has 1 spiro atoms. The zero-order valence-corrected chi connectivity index (χ0v) is 21.4. The zero-order valence-electron chi connectivity index (χ0n) is 19.6. The summed E-state index contributed by atoms with van der Waals surface area (Å²) in [6.07, 6.45) is 2.15. The quantitative estimate of drug-likeness (QED) is 0.426. The summed E-state index contributed by atoms with van der Waals surface area (Å²) >= 11 is -0.257. The summed E-state index contributed by atoms with van der Waals surface area (Å²) in [6, 6.07) is 20.1. The number of esters is 1. The standard InChI is InChI=1S/C27H31NO5Se/c1-26-18-27(32-15-16-33-27)14-13-21(26)28(17-19-9-5-3-6-10-19)24(29)22(26)23(25(30)31-2)34-20-11-7-4-8-12-20/h3-12,21-23H,13-18H2,1-2H3/t21-,22+,23?,26+/m1/s1. The summed E-state index contributed by atoms with van der Waals surface area (Å²) in [5.41, 5.74) is 0.625. The van der Waals surface area contributed by atoms with E-state index in [0.717, 1.165) is 22.9 Å². The van der Waals surface area contributed by atoms with Crippen LogP contribution in [-0.2, 0) is 30.3 Å². The molecule has 0 bridgehead atoms. The number of ether oxygens (including phenoxy) is 3. The van der Waals surface area contributed by atoms with Crippen LogP contribution in [-0.4, -0.2) is 63.9 Å². The van der Waals surface area contributed by atoms with Crippen molar-refractivity contribution >= 4 is 31.3 Å². The van der Waals surface area contributed by atoms with Gasteiger partial charge in [0.25, 0.3) is 0 Å². The Balaban J connectivity index is 1.54. The van der Waals surface area contributed by atoms with Crippen molar-refractivity contribution in [2.45, 2.75) is 49.4 Å². The predicted molar refractivity (Wildman–Crippen MR) is 128 cm³/mol. The van der Waals surface area contributed by atoms with Crippen LogP contribution in [0.1, 0.15) is 31.7 Å². The average Bonchev–Trinajstić information content (AvgIpc) is 3.38. The number of fused-ring (bicyclic) bond motifs is 1. The predicted octanol–water partition coefficient (Wildman–Crippen LogP) is 2.94. The van der Waals surface area contributed by atoms with Crippen LogP contribution in [0.5, 0.6) is 0 Å². The molecule has 0 N–H and O–H groups in total. The Morgan fingerprint density at radius 3 is 2.41 bits per heavy atom. The molecule has 0 aromatic heterocycles. The van der Waals surface area contributed by atoms with Gasteiger partial charge in [-0.05, 0) is 0 Å². The number of likely N-dealkylation sites (tertiary alicyclic amines) is 1. The van der Waals surface area contributed by atoms with Gasteiger partial charge in [0.05, 0.1) is 0 Å². The van der Waals surface area contributed by atoms with Gasteiger partial charge in [0.1, 0.15) is 0 Å². The summed E-state index contributed by atoms with van der Waals surface area (Å²) in [7, 11) is 1.42. The molecule has 6 nitrogen and oxygen atoms in total. The van der Waals surface area contributed by atoms with Crippen LogP contribution in [0.25, 0.3) is 0 Å². The van der Waals surface area contributed by atoms with E-state index in [9.17, 15) is 9.59 Å². The summed E-state index contributed by atoms with van der Waals surface area (Å²) in [5, 5.41) is 0. The van der Waals surface area contributed by atoms with E-state index >= 15 is 0 Å². The zero-order chi connectivity index (χ0) is 23.8. The first-order valence-electron chi connectivity index (χ1n) is 11.9. The molecule has 2 aromatic rings. The van der Waals surface area contributed by atoms with Gasteiger partial charge in [-0.15, -0.1) is 0 Å². The molecular weight excluding hydrogens is 497 g/mol. The van der Waals surface area contributed by atoms with Crippen molar-refractivity contribution in [3.8, 4) is 0 Å². The summed E-state index contributed by atoms with van der Waals surface area (Å²) in [5.74, 6) is -1.41. The fourth-order valence-corrected chi connectivity index (χ4v) is 8.98. The number of carbonyl (C=O) groups is 2. The minimum atomic E-state index is -0.660. The molecule has 4 atom stereocenters. The Bertz CT molecular complexity index is 1030. The number of rotatable bonds is 6. The van der Waals surface area contributed by atoms with Gasteiger partial charge in [0, 0.05) is 0 Å². The summed E-state index contributed by atoms with van der Waals surface area (Å²) in [4.78, 5) is 28.9. The van der Waals surface area contributed by atoms with Crippen LogP contribution in [0.3, 0.4) is 0 Å². The average molecular weight is 529 g/mol. The number of nitrogens with zero attached hydrogens (tertiary/aromatic N) is 1. The molecule has 34 heavy (non-hydrogen) atoms. The molecule has 0 radical (unpaired) electrons. The molecule has 2 aromatic carbocycles. The van der Waals surface area contributed by atoms with E-state index in [0.29, 0.717) is 26.2 Å². The summed E-state index contributed by atoms with van der Waals surface area (Å²) < 4.78 is 18.6. The Morgan fingerprint density at radius 1 is 1.12 bits per heavy atom. The van der Waals surface area contributed by atoms with Crippen LogP contribution in [0, 0.1) is 11.3 Å². The second-order valence-electron chi connectivity index (χ2n) is 9.65. The molecule has 7 heteroatoms. The summed E-state index contributed by atoms with van der Waals surface area (Å²) in [6.45, 7) is 3.84. The molecule has 1 unspecified atom stereocenters. The molecule has 1 amide bonds. The number of methoxy groups -OCH3 is 1. The van der Waals surface area contributed by atoms with Crippen molar-refractivity contribution in [2.24, 2.45) is 11.3 Å². The molecular formula is C27H31NO5Se. The number of benzene rings is 2. The van der Waals surface area contributed by atoms with Crippen molar-refractivity contribution in [3.05, 3.63) is 66.2 Å². The van der Waals surface area contributed by atoms with Gasteiger partial charge in [0.2, 0.25) is 0 Å². The van der Waals surface area contributed by atoms with Crippen LogP contribution >= 0.6 is 0 Å². The first-order valence-corrected chi connectivity index (χ1v) is 13.7. The van der Waals surface area contributed by atoms with Crippen LogP contribution in [0.2, 0.25) is 4.82 Å². The number of carbonyl (C=O) groups excluding carboxylic acids is 2. The van der Waals surface area contributed by atoms with Gasteiger partial charge in [-0.1, -0.05) is 0 Å². The Morgan fingerprint density at radius 2 is 1.76 bits per heavy atom. The van der Waals surface area contributed by atoms with E-state index < -0.39 is 21.9 Å². The number of amides is 1. The molecule has 2 heterocycles. The van der Waals surface area contributed by atoms with Gasteiger partial charge >= 0.3 is 207 Å². The minimum absolute atomic E-state index is 0.0161. The van der Waals surface area contributed by atoms with E-state index in [1.807, 2.05) is 53.4 Å². The van der Waals surface area contributed by atoms with Gasteiger partial charge in [-0.3, -0.25) is 0 Å². The first-order chi connectivity index (χ1) is 16.5. The second-order valence-corrected chi connectivity index (χ2v) is 12.2.